The summed E-state index contributed by atoms with van der Waals surface area (Å²) < 4.78 is 5.92. The Hall–Kier alpha value is -0.480. The maximum absolute atomic E-state index is 12.8. The summed E-state index contributed by atoms with van der Waals surface area (Å²) in [5.41, 5.74) is 0. The second-order valence-corrected chi connectivity index (χ2v) is 10.7. The number of rotatable bonds is 7. The highest BCUT2D eigenvalue weighted by Crippen LogP contribution is 2.28. The number of nitrogens with one attached hydrogen (secondary N) is 2. The molecule has 32 heavy (non-hydrogen) atoms. The highest BCUT2D eigenvalue weighted by atomic mass is 35.5. The summed E-state index contributed by atoms with van der Waals surface area (Å²) in [5.74, 6) is 0.552. The van der Waals surface area contributed by atoms with E-state index in [1.54, 1.807) is 0 Å². The van der Waals surface area contributed by atoms with Gasteiger partial charge < -0.3 is 30.5 Å². The molecule has 4 aliphatic rings. The fourth-order valence-corrected chi connectivity index (χ4v) is 6.14. The first kappa shape index (κ1) is 24.6. The normalized spacial score (nSPS) is 39.3. The first-order valence-corrected chi connectivity index (χ1v) is 13.1. The van der Waals surface area contributed by atoms with Gasteiger partial charge in [-0.3, -0.25) is 9.69 Å². The Kier molecular flexibility index (Phi) is 9.07. The maximum atomic E-state index is 12.8. The average Bonchev–Trinajstić information content (AvgIpc) is 3.07. The summed E-state index contributed by atoms with van der Waals surface area (Å²) in [6.07, 6.45) is 5.56. The van der Waals surface area contributed by atoms with Crippen LogP contribution in [0.1, 0.15) is 51.4 Å². The van der Waals surface area contributed by atoms with Crippen LogP contribution in [0, 0.1) is 5.92 Å². The Bertz CT molecular complexity index is 601. The Morgan fingerprint density at radius 2 is 1.78 bits per heavy atom. The largest absolute Gasteiger partial charge is 0.388 e. The molecule has 1 saturated carbocycles. The fraction of sp³-hybridized carbons (Fsp3) is 0.957. The zero-order valence-corrected chi connectivity index (χ0v) is 19.9. The summed E-state index contributed by atoms with van der Waals surface area (Å²) in [7, 11) is 0. The molecule has 3 saturated heterocycles. The van der Waals surface area contributed by atoms with Crippen molar-refractivity contribution in [1.82, 2.24) is 20.4 Å². The number of amides is 1. The van der Waals surface area contributed by atoms with E-state index in [4.69, 9.17) is 16.3 Å². The Labute approximate surface area is 197 Å². The Morgan fingerprint density at radius 1 is 1.00 bits per heavy atom. The number of ether oxygens (including phenoxy) is 1. The number of piperidine rings is 1. The minimum atomic E-state index is -1.03. The van der Waals surface area contributed by atoms with Gasteiger partial charge in [0, 0.05) is 38.1 Å². The van der Waals surface area contributed by atoms with Gasteiger partial charge in [-0.15, -0.1) is 11.6 Å². The molecule has 3 unspecified atom stereocenters. The van der Waals surface area contributed by atoms with E-state index < -0.39 is 24.4 Å². The molecule has 7 atom stereocenters. The Balaban J connectivity index is 1.17. The van der Waals surface area contributed by atoms with Crippen molar-refractivity contribution in [2.75, 3.05) is 45.8 Å². The van der Waals surface area contributed by atoms with Crippen molar-refractivity contribution >= 4 is 17.5 Å². The molecule has 9 heteroatoms. The van der Waals surface area contributed by atoms with Crippen molar-refractivity contribution in [3.8, 4) is 0 Å². The van der Waals surface area contributed by atoms with Gasteiger partial charge in [0.05, 0.1) is 24.8 Å². The summed E-state index contributed by atoms with van der Waals surface area (Å²) in [4.78, 5) is 17.2. The predicted octanol–water partition coefficient (Wildman–Crippen LogP) is 0.497. The second-order valence-electron chi connectivity index (χ2n) is 10.1. The number of halogens is 1. The van der Waals surface area contributed by atoms with Gasteiger partial charge in [-0.05, 0) is 57.5 Å². The third-order valence-electron chi connectivity index (χ3n) is 7.73. The number of carbonyl (C=O) groups is 1. The molecule has 4 fully saturated rings. The lowest BCUT2D eigenvalue weighted by Crippen LogP contribution is -2.57. The number of hydrogen-bond acceptors (Lipinski definition) is 7. The summed E-state index contributed by atoms with van der Waals surface area (Å²) >= 11 is 6.27. The number of hydrogen-bond donors (Lipinski definition) is 4. The van der Waals surface area contributed by atoms with Crippen LogP contribution in [-0.2, 0) is 9.53 Å². The molecule has 1 amide bonds. The number of aliphatic hydroxyl groups excluding tert-OH is 2. The standard InChI is InChI=1S/C23H41ClN4O4/c24-17-5-3-4-16(12-17)14-25-15-19-23(31)22(30)18(32-19)13-21(29)28-10-8-27(9-11-28)20-6-1-2-7-26-20/h16-20,22-23,25-26,30-31H,1-15H2/t16?,17?,18-,19-,20?,22+,23-/m1/s1. The van der Waals surface area contributed by atoms with E-state index in [2.05, 4.69) is 15.5 Å². The first-order valence-electron chi connectivity index (χ1n) is 12.6. The molecular weight excluding hydrogens is 432 g/mol. The van der Waals surface area contributed by atoms with Crippen molar-refractivity contribution in [3.63, 3.8) is 0 Å². The minimum absolute atomic E-state index is 0.00136. The molecular formula is C23H41ClN4O4. The van der Waals surface area contributed by atoms with E-state index in [0.717, 1.165) is 45.4 Å². The number of carbonyl (C=O) groups excluding carboxylic acids is 1. The van der Waals surface area contributed by atoms with Crippen LogP contribution in [0.3, 0.4) is 0 Å². The quantitative estimate of drug-likeness (QED) is 0.400. The monoisotopic (exact) mass is 472 g/mol. The average molecular weight is 473 g/mol. The van der Waals surface area contributed by atoms with Crippen molar-refractivity contribution in [3.05, 3.63) is 0 Å². The van der Waals surface area contributed by atoms with Crippen molar-refractivity contribution in [1.29, 1.82) is 0 Å². The van der Waals surface area contributed by atoms with Gasteiger partial charge >= 0.3 is 0 Å². The zero-order chi connectivity index (χ0) is 22.5. The summed E-state index contributed by atoms with van der Waals surface area (Å²) in [6.45, 7) is 5.54. The number of nitrogens with zero attached hydrogens (tertiary/aromatic N) is 2. The lowest BCUT2D eigenvalue weighted by molar-refractivity contribution is -0.137. The predicted molar refractivity (Wildman–Crippen MR) is 124 cm³/mol. The molecule has 184 valence electrons. The maximum Gasteiger partial charge on any atom is 0.225 e. The Morgan fingerprint density at radius 3 is 2.50 bits per heavy atom. The van der Waals surface area contributed by atoms with Crippen LogP contribution in [0.2, 0.25) is 0 Å². The molecule has 0 radical (unpaired) electrons. The first-order chi connectivity index (χ1) is 15.5. The van der Waals surface area contributed by atoms with Crippen LogP contribution in [0.15, 0.2) is 0 Å². The highest BCUT2D eigenvalue weighted by molar-refractivity contribution is 6.20. The van der Waals surface area contributed by atoms with Gasteiger partial charge in [0.1, 0.15) is 12.2 Å². The summed E-state index contributed by atoms with van der Waals surface area (Å²) in [6, 6.07) is 0. The molecule has 4 N–H and O–H groups in total. The van der Waals surface area contributed by atoms with Crippen LogP contribution < -0.4 is 10.6 Å². The van der Waals surface area contributed by atoms with Crippen LogP contribution in [0.5, 0.6) is 0 Å². The van der Waals surface area contributed by atoms with Gasteiger partial charge in [0.15, 0.2) is 0 Å². The molecule has 1 aliphatic carbocycles. The topological polar surface area (TPSA) is 97.3 Å². The fourth-order valence-electron chi connectivity index (χ4n) is 5.73. The molecule has 0 spiro atoms. The molecule has 8 nitrogen and oxygen atoms in total. The highest BCUT2D eigenvalue weighted by Gasteiger charge is 2.43. The van der Waals surface area contributed by atoms with E-state index in [1.165, 1.54) is 25.7 Å². The van der Waals surface area contributed by atoms with Crippen LogP contribution in [0.25, 0.3) is 0 Å². The van der Waals surface area contributed by atoms with Gasteiger partial charge in [0.2, 0.25) is 5.91 Å². The van der Waals surface area contributed by atoms with Gasteiger partial charge in [-0.2, -0.15) is 0 Å². The molecule has 0 aromatic rings. The van der Waals surface area contributed by atoms with E-state index in [0.29, 0.717) is 31.7 Å². The lowest BCUT2D eigenvalue weighted by atomic mass is 9.89. The van der Waals surface area contributed by atoms with Crippen LogP contribution in [0.4, 0.5) is 0 Å². The molecule has 0 aromatic carbocycles. The van der Waals surface area contributed by atoms with Crippen LogP contribution in [-0.4, -0.2) is 108 Å². The van der Waals surface area contributed by atoms with Crippen LogP contribution >= 0.6 is 11.6 Å². The number of piperazine rings is 1. The molecule has 0 bridgehead atoms. The number of alkyl halides is 1. The lowest BCUT2D eigenvalue weighted by Gasteiger charge is -2.41. The molecule has 3 heterocycles. The van der Waals surface area contributed by atoms with E-state index in [-0.39, 0.29) is 17.7 Å². The molecule has 3 aliphatic heterocycles. The zero-order valence-electron chi connectivity index (χ0n) is 19.1. The van der Waals surface area contributed by atoms with Gasteiger partial charge in [-0.25, -0.2) is 0 Å². The summed E-state index contributed by atoms with van der Waals surface area (Å²) in [5, 5.41) is 28.1. The van der Waals surface area contributed by atoms with Crippen molar-refractivity contribution in [2.45, 2.75) is 87.3 Å². The van der Waals surface area contributed by atoms with Crippen molar-refractivity contribution in [2.24, 2.45) is 5.92 Å². The van der Waals surface area contributed by atoms with E-state index >= 15 is 0 Å². The van der Waals surface area contributed by atoms with E-state index in [1.807, 2.05) is 4.90 Å². The van der Waals surface area contributed by atoms with E-state index in [9.17, 15) is 15.0 Å². The third-order valence-corrected chi connectivity index (χ3v) is 8.12. The molecule has 0 aromatic heterocycles. The smallest absolute Gasteiger partial charge is 0.225 e. The number of aliphatic hydroxyl groups is 2. The second kappa shape index (κ2) is 11.8. The SMILES string of the molecule is O=C(C[C@H]1O[C@H](CNCC2CCCC(Cl)C2)[C@@H](O)[C@H]1O)N1CCN(C2CCCCN2)CC1. The molecule has 4 rings (SSSR count). The third kappa shape index (κ3) is 6.34. The van der Waals surface area contributed by atoms with Crippen molar-refractivity contribution < 1.29 is 19.7 Å². The van der Waals surface area contributed by atoms with Gasteiger partial charge in [0.25, 0.3) is 0 Å². The van der Waals surface area contributed by atoms with Gasteiger partial charge in [-0.1, -0.05) is 6.42 Å². The minimum Gasteiger partial charge on any atom is -0.388 e.